The first-order valence-electron chi connectivity index (χ1n) is 7.16. The molecule has 1 aromatic carbocycles. The van der Waals surface area contributed by atoms with E-state index in [-0.39, 0.29) is 5.75 Å². The van der Waals surface area contributed by atoms with Gasteiger partial charge in [0.1, 0.15) is 0 Å². The van der Waals surface area contributed by atoms with Gasteiger partial charge in [-0.1, -0.05) is 0 Å². The van der Waals surface area contributed by atoms with Crippen LogP contribution >= 0.6 is 0 Å². The Kier molecular flexibility index (Phi) is 4.70. The maximum Gasteiger partial charge on any atom is 0.167 e. The number of halogens is 1. The molecule has 0 spiro atoms. The zero-order chi connectivity index (χ0) is 14.7. The van der Waals surface area contributed by atoms with Crippen LogP contribution in [0.4, 0.5) is 15.8 Å². The molecule has 1 saturated heterocycles. The topological polar surface area (TPSA) is 41.7 Å². The molecule has 1 fully saturated rings. The van der Waals surface area contributed by atoms with Crippen molar-refractivity contribution in [2.75, 3.05) is 44.4 Å². The molecular weight excluding hydrogens is 257 g/mol. The maximum absolute atomic E-state index is 13.8. The molecule has 2 rings (SSSR count). The Morgan fingerprint density at radius 2 is 2.25 bits per heavy atom. The van der Waals surface area contributed by atoms with Crippen LogP contribution in [0, 0.1) is 5.82 Å². The van der Waals surface area contributed by atoms with Crippen molar-refractivity contribution in [2.45, 2.75) is 25.8 Å². The number of benzene rings is 1. The summed E-state index contributed by atoms with van der Waals surface area (Å²) in [6.07, 6.45) is 2.30. The summed E-state index contributed by atoms with van der Waals surface area (Å²) in [4.78, 5) is 4.46. The largest absolute Gasteiger partial charge is 0.491 e. The molecule has 1 heterocycles. The lowest BCUT2D eigenvalue weighted by atomic mass is 10.0. The van der Waals surface area contributed by atoms with Gasteiger partial charge in [0, 0.05) is 31.8 Å². The van der Waals surface area contributed by atoms with Gasteiger partial charge in [0.2, 0.25) is 0 Å². The smallest absolute Gasteiger partial charge is 0.167 e. The second kappa shape index (κ2) is 6.31. The van der Waals surface area contributed by atoms with Crippen LogP contribution in [0.2, 0.25) is 0 Å². The number of rotatable bonds is 4. The van der Waals surface area contributed by atoms with E-state index in [9.17, 15) is 4.39 Å². The summed E-state index contributed by atoms with van der Waals surface area (Å²) in [6, 6.07) is 3.46. The molecule has 1 aromatic rings. The van der Waals surface area contributed by atoms with Crippen molar-refractivity contribution in [3.8, 4) is 5.75 Å². The lowest BCUT2D eigenvalue weighted by Gasteiger charge is -2.37. The van der Waals surface area contributed by atoms with Crippen molar-refractivity contribution < 1.29 is 9.13 Å². The van der Waals surface area contributed by atoms with Crippen LogP contribution in [-0.4, -0.2) is 44.7 Å². The van der Waals surface area contributed by atoms with E-state index < -0.39 is 5.82 Å². The van der Waals surface area contributed by atoms with Crippen LogP contribution in [0.5, 0.6) is 5.75 Å². The van der Waals surface area contributed by atoms with Crippen molar-refractivity contribution in [1.82, 2.24) is 4.90 Å². The monoisotopic (exact) mass is 281 g/mol. The number of anilines is 2. The van der Waals surface area contributed by atoms with E-state index in [2.05, 4.69) is 16.8 Å². The van der Waals surface area contributed by atoms with Crippen molar-refractivity contribution in [3.05, 3.63) is 17.9 Å². The fourth-order valence-corrected chi connectivity index (χ4v) is 2.78. The molecule has 0 bridgehead atoms. The van der Waals surface area contributed by atoms with Gasteiger partial charge >= 0.3 is 0 Å². The van der Waals surface area contributed by atoms with Crippen LogP contribution in [-0.2, 0) is 0 Å². The van der Waals surface area contributed by atoms with Gasteiger partial charge < -0.3 is 20.3 Å². The lowest BCUT2D eigenvalue weighted by molar-refractivity contribution is 0.248. The van der Waals surface area contributed by atoms with Crippen LogP contribution in [0.3, 0.4) is 0 Å². The number of likely N-dealkylation sites (N-methyl/N-ethyl adjacent to an activating group) is 2. The summed E-state index contributed by atoms with van der Waals surface area (Å²) in [5.41, 5.74) is 7.28. The molecule has 1 aliphatic rings. The molecule has 5 heteroatoms. The van der Waals surface area contributed by atoms with E-state index in [1.807, 2.05) is 14.0 Å². The number of hydrogen-bond donors (Lipinski definition) is 1. The van der Waals surface area contributed by atoms with E-state index in [0.717, 1.165) is 25.2 Å². The molecule has 1 unspecified atom stereocenters. The number of piperidine rings is 1. The minimum atomic E-state index is -0.401. The van der Waals surface area contributed by atoms with E-state index in [4.69, 9.17) is 10.5 Å². The van der Waals surface area contributed by atoms with E-state index in [0.29, 0.717) is 18.3 Å². The number of ether oxygens (including phenoxy) is 1. The van der Waals surface area contributed by atoms with Crippen molar-refractivity contribution in [1.29, 1.82) is 0 Å². The minimum absolute atomic E-state index is 0.271. The molecule has 20 heavy (non-hydrogen) atoms. The second-order valence-electron chi connectivity index (χ2n) is 5.44. The number of nitrogens with zero attached hydrogens (tertiary/aromatic N) is 2. The highest BCUT2D eigenvalue weighted by Gasteiger charge is 2.23. The Hall–Kier alpha value is -1.49. The predicted molar refractivity (Wildman–Crippen MR) is 80.9 cm³/mol. The Labute approximate surface area is 120 Å². The van der Waals surface area contributed by atoms with Gasteiger partial charge in [0.25, 0.3) is 0 Å². The molecule has 0 aliphatic carbocycles. The van der Waals surface area contributed by atoms with Crippen molar-refractivity contribution >= 4 is 11.4 Å². The Bertz CT molecular complexity index is 467. The molecule has 4 nitrogen and oxygen atoms in total. The first kappa shape index (κ1) is 14.9. The molecule has 0 aromatic heterocycles. The number of nitrogen functional groups attached to an aromatic ring is 1. The van der Waals surface area contributed by atoms with Crippen LogP contribution in [0.1, 0.15) is 19.8 Å². The molecule has 0 saturated carbocycles. The molecule has 0 amide bonds. The molecular formula is C15H24FN3O. The zero-order valence-corrected chi connectivity index (χ0v) is 12.5. The van der Waals surface area contributed by atoms with Crippen LogP contribution in [0.25, 0.3) is 0 Å². The van der Waals surface area contributed by atoms with Crippen LogP contribution in [0.15, 0.2) is 12.1 Å². The molecule has 2 N–H and O–H groups in total. The first-order chi connectivity index (χ1) is 9.52. The molecule has 0 radical (unpaired) electrons. The van der Waals surface area contributed by atoms with Gasteiger partial charge in [0.15, 0.2) is 11.6 Å². The third-order valence-corrected chi connectivity index (χ3v) is 3.91. The average Bonchev–Trinajstić information content (AvgIpc) is 2.41. The Morgan fingerprint density at radius 3 is 2.90 bits per heavy atom. The minimum Gasteiger partial charge on any atom is -0.491 e. The second-order valence-corrected chi connectivity index (χ2v) is 5.44. The Balaban J connectivity index is 2.24. The summed E-state index contributed by atoms with van der Waals surface area (Å²) >= 11 is 0. The normalized spacial score (nSPS) is 19.9. The van der Waals surface area contributed by atoms with E-state index >= 15 is 0 Å². The summed E-state index contributed by atoms with van der Waals surface area (Å²) in [5.74, 6) is -0.130. The van der Waals surface area contributed by atoms with Gasteiger partial charge in [0.05, 0.1) is 18.0 Å². The third-order valence-electron chi connectivity index (χ3n) is 3.91. The van der Waals surface area contributed by atoms with Gasteiger partial charge in [-0.2, -0.15) is 0 Å². The van der Waals surface area contributed by atoms with Gasteiger partial charge in [-0.3, -0.25) is 0 Å². The number of likely N-dealkylation sites (tertiary alicyclic amines) is 1. The number of hydrogen-bond acceptors (Lipinski definition) is 4. The van der Waals surface area contributed by atoms with Gasteiger partial charge in [-0.25, -0.2) is 4.39 Å². The summed E-state index contributed by atoms with van der Waals surface area (Å²) < 4.78 is 19.1. The molecule has 1 aliphatic heterocycles. The fraction of sp³-hybridized carbons (Fsp3) is 0.600. The SMILES string of the molecule is CCOc1cc(N(C)C2CCCN(C)C2)c(N)cc1F. The average molecular weight is 281 g/mol. The fourth-order valence-electron chi connectivity index (χ4n) is 2.78. The summed E-state index contributed by atoms with van der Waals surface area (Å²) in [6.45, 7) is 4.41. The standard InChI is InChI=1S/C15H24FN3O/c1-4-20-15-9-14(13(17)8-12(15)16)19(3)11-6-5-7-18(2)10-11/h8-9,11H,4-7,10,17H2,1-3H3. The third kappa shape index (κ3) is 3.15. The van der Waals surface area contributed by atoms with E-state index in [1.54, 1.807) is 6.07 Å². The highest BCUT2D eigenvalue weighted by molar-refractivity contribution is 5.70. The van der Waals surface area contributed by atoms with Crippen molar-refractivity contribution in [3.63, 3.8) is 0 Å². The quantitative estimate of drug-likeness (QED) is 0.860. The summed E-state index contributed by atoms with van der Waals surface area (Å²) in [7, 11) is 4.14. The summed E-state index contributed by atoms with van der Waals surface area (Å²) in [5, 5.41) is 0. The van der Waals surface area contributed by atoms with Gasteiger partial charge in [-0.15, -0.1) is 0 Å². The first-order valence-corrected chi connectivity index (χ1v) is 7.16. The van der Waals surface area contributed by atoms with Crippen LogP contribution < -0.4 is 15.4 Å². The maximum atomic E-state index is 13.8. The highest BCUT2D eigenvalue weighted by Crippen LogP contribution is 2.32. The molecule has 1 atom stereocenters. The van der Waals surface area contributed by atoms with E-state index in [1.165, 1.54) is 12.5 Å². The Morgan fingerprint density at radius 1 is 1.50 bits per heavy atom. The number of nitrogens with two attached hydrogens (primary N) is 1. The van der Waals surface area contributed by atoms with Crippen molar-refractivity contribution in [2.24, 2.45) is 0 Å². The predicted octanol–water partition coefficient (Wildman–Crippen LogP) is 2.34. The highest BCUT2D eigenvalue weighted by atomic mass is 19.1. The zero-order valence-electron chi connectivity index (χ0n) is 12.5. The lowest BCUT2D eigenvalue weighted by Crippen LogP contribution is -2.45. The molecule has 112 valence electrons. The van der Waals surface area contributed by atoms with Gasteiger partial charge in [-0.05, 0) is 33.4 Å².